The Hall–Kier alpha value is -2.69. The molecule has 4 rings (SSSR count). The van der Waals surface area contributed by atoms with Crippen molar-refractivity contribution in [2.75, 3.05) is 18.6 Å². The number of aromatic nitrogens is 4. The van der Waals surface area contributed by atoms with Gasteiger partial charge in [0.05, 0.1) is 33.4 Å². The van der Waals surface area contributed by atoms with E-state index in [1.807, 2.05) is 26.0 Å². The summed E-state index contributed by atoms with van der Waals surface area (Å²) in [6, 6.07) is 7.01. The highest BCUT2D eigenvalue weighted by Gasteiger charge is 2.18. The summed E-state index contributed by atoms with van der Waals surface area (Å²) in [5.74, 6) is -0.345. The molecule has 1 unspecified atom stereocenters. The van der Waals surface area contributed by atoms with Crippen molar-refractivity contribution in [3.63, 3.8) is 0 Å². The minimum atomic E-state index is -0.345. The van der Waals surface area contributed by atoms with Crippen LogP contribution in [0.25, 0.3) is 22.0 Å². The van der Waals surface area contributed by atoms with Gasteiger partial charge < -0.3 is 5.32 Å². The lowest BCUT2D eigenvalue weighted by molar-refractivity contribution is 0.632. The number of anilines is 1. The van der Waals surface area contributed by atoms with Crippen LogP contribution < -0.4 is 10.8 Å². The summed E-state index contributed by atoms with van der Waals surface area (Å²) in [6.07, 6.45) is 6.72. The first-order valence-corrected chi connectivity index (χ1v) is 12.4. The van der Waals surface area contributed by atoms with E-state index in [0.29, 0.717) is 33.0 Å². The number of hydrogen-bond acceptors (Lipinski definition) is 5. The second-order valence-electron chi connectivity index (χ2n) is 7.57. The largest absolute Gasteiger partial charge is 0.377 e. The number of aryl methyl sites for hydroxylation is 1. The van der Waals surface area contributed by atoms with E-state index in [4.69, 9.17) is 11.6 Å². The molecule has 1 atom stereocenters. The Kier molecular flexibility index (Phi) is 6.12. The molecule has 0 aliphatic heterocycles. The first kappa shape index (κ1) is 21.5. The number of halogens is 2. The maximum Gasteiger partial charge on any atom is 0.133 e. The number of hydrogen-bond donors (Lipinski definition) is 1. The molecule has 0 saturated heterocycles. The van der Waals surface area contributed by atoms with Crippen molar-refractivity contribution in [2.45, 2.75) is 19.9 Å². The van der Waals surface area contributed by atoms with Gasteiger partial charge in [-0.25, -0.2) is 14.4 Å². The fourth-order valence-electron chi connectivity index (χ4n) is 3.39. The fraction of sp³-hybridized carbons (Fsp3) is 0.217. The summed E-state index contributed by atoms with van der Waals surface area (Å²) in [4.78, 5) is 17.2. The van der Waals surface area contributed by atoms with Gasteiger partial charge in [0.25, 0.3) is 0 Å². The molecule has 0 saturated carbocycles. The van der Waals surface area contributed by atoms with Crippen LogP contribution in [0.5, 0.6) is 0 Å². The van der Waals surface area contributed by atoms with Gasteiger partial charge in [-0.05, 0) is 39.3 Å². The molecular weight excluding hydrogens is 432 g/mol. The molecule has 0 radical (unpaired) electrons. The smallest absolute Gasteiger partial charge is 0.133 e. The van der Waals surface area contributed by atoms with Gasteiger partial charge in [-0.2, -0.15) is 0 Å². The fourth-order valence-corrected chi connectivity index (χ4v) is 4.25. The molecule has 5 nitrogen and oxygen atoms in total. The van der Waals surface area contributed by atoms with E-state index in [0.717, 1.165) is 16.4 Å². The zero-order valence-corrected chi connectivity index (χ0v) is 19.3. The number of fused-ring (bicyclic) bond motifs is 1. The van der Waals surface area contributed by atoms with Crippen LogP contribution in [-0.4, -0.2) is 33.3 Å². The third kappa shape index (κ3) is 4.36. The van der Waals surface area contributed by atoms with Crippen molar-refractivity contribution < 1.29 is 4.39 Å². The highest BCUT2D eigenvalue weighted by atomic mass is 35.5. The van der Waals surface area contributed by atoms with Gasteiger partial charge >= 0.3 is 0 Å². The van der Waals surface area contributed by atoms with E-state index >= 15 is 4.39 Å². The first-order chi connectivity index (χ1) is 14.8. The lowest BCUT2D eigenvalue weighted by Gasteiger charge is -2.19. The van der Waals surface area contributed by atoms with Crippen LogP contribution in [0.4, 0.5) is 10.1 Å². The number of benzene rings is 1. The zero-order valence-electron chi connectivity index (χ0n) is 17.7. The number of nitrogens with one attached hydrogen (secondary N) is 1. The molecule has 8 heteroatoms. The minimum Gasteiger partial charge on any atom is -0.377 e. The van der Waals surface area contributed by atoms with E-state index in [2.05, 4.69) is 38.6 Å². The summed E-state index contributed by atoms with van der Waals surface area (Å²) < 4.78 is 15.0. The molecular formula is C23H22ClFN5P. The van der Waals surface area contributed by atoms with Crippen molar-refractivity contribution in [3.8, 4) is 11.1 Å². The molecule has 3 aromatic heterocycles. The Morgan fingerprint density at radius 2 is 1.84 bits per heavy atom. The maximum atomic E-state index is 15.0. The average molecular weight is 454 g/mol. The lowest BCUT2D eigenvalue weighted by Crippen LogP contribution is -2.09. The Labute approximate surface area is 186 Å². The quantitative estimate of drug-likeness (QED) is 0.391. The second-order valence-corrected chi connectivity index (χ2v) is 10.2. The summed E-state index contributed by atoms with van der Waals surface area (Å²) in [6.45, 7) is 8.09. The SMILES string of the molecule is Cc1nc2cc(F)c(-c3ccc(P(C)C)nc3)cc2c(NC(C)c2cncnc2)c1Cl. The Bertz CT molecular complexity index is 1230. The maximum absolute atomic E-state index is 15.0. The highest BCUT2D eigenvalue weighted by Crippen LogP contribution is 2.38. The van der Waals surface area contributed by atoms with E-state index in [9.17, 15) is 0 Å². The Morgan fingerprint density at radius 3 is 2.48 bits per heavy atom. The zero-order chi connectivity index (χ0) is 22.1. The van der Waals surface area contributed by atoms with Gasteiger partial charge in [0.1, 0.15) is 12.1 Å². The third-order valence-electron chi connectivity index (χ3n) is 5.14. The molecule has 0 spiro atoms. The minimum absolute atomic E-state index is 0.105. The molecule has 4 aromatic rings. The third-order valence-corrected chi connectivity index (χ3v) is 6.78. The topological polar surface area (TPSA) is 63.6 Å². The molecule has 1 N–H and O–H groups in total. The van der Waals surface area contributed by atoms with Crippen LogP contribution in [0.2, 0.25) is 5.02 Å². The number of pyridine rings is 2. The molecule has 31 heavy (non-hydrogen) atoms. The monoisotopic (exact) mass is 453 g/mol. The van der Waals surface area contributed by atoms with Gasteiger partial charge in [-0.15, -0.1) is 0 Å². The lowest BCUT2D eigenvalue weighted by atomic mass is 10.0. The summed E-state index contributed by atoms with van der Waals surface area (Å²) >= 11 is 6.64. The molecule has 0 bridgehead atoms. The van der Waals surface area contributed by atoms with Crippen LogP contribution in [-0.2, 0) is 0 Å². The molecule has 0 fully saturated rings. The molecule has 0 amide bonds. The van der Waals surface area contributed by atoms with Crippen molar-refractivity contribution in [1.29, 1.82) is 0 Å². The predicted octanol–water partition coefficient (Wildman–Crippen LogP) is 5.73. The van der Waals surface area contributed by atoms with Crippen molar-refractivity contribution in [2.24, 2.45) is 0 Å². The second kappa shape index (κ2) is 8.81. The van der Waals surface area contributed by atoms with E-state index in [1.165, 1.54) is 12.4 Å². The van der Waals surface area contributed by atoms with Crippen molar-refractivity contribution >= 4 is 41.5 Å². The van der Waals surface area contributed by atoms with Gasteiger partial charge in [0.2, 0.25) is 0 Å². The average Bonchev–Trinajstić information content (AvgIpc) is 2.77. The normalized spacial score (nSPS) is 12.4. The van der Waals surface area contributed by atoms with Crippen molar-refractivity contribution in [3.05, 3.63) is 71.3 Å². The van der Waals surface area contributed by atoms with E-state index in [1.54, 1.807) is 24.7 Å². The van der Waals surface area contributed by atoms with Crippen LogP contribution >= 0.6 is 19.5 Å². The predicted molar refractivity (Wildman–Crippen MR) is 127 cm³/mol. The van der Waals surface area contributed by atoms with E-state index in [-0.39, 0.29) is 19.8 Å². The summed E-state index contributed by atoms with van der Waals surface area (Å²) in [7, 11) is -0.311. The van der Waals surface area contributed by atoms with E-state index < -0.39 is 0 Å². The van der Waals surface area contributed by atoms with Crippen LogP contribution in [0, 0.1) is 12.7 Å². The molecule has 1 aromatic carbocycles. The molecule has 3 heterocycles. The highest BCUT2D eigenvalue weighted by molar-refractivity contribution is 7.63. The number of rotatable bonds is 5. The van der Waals surface area contributed by atoms with Gasteiger partial charge in [0, 0.05) is 46.7 Å². The Morgan fingerprint density at radius 1 is 1.10 bits per heavy atom. The molecule has 0 aliphatic carbocycles. The van der Waals surface area contributed by atoms with Crippen molar-refractivity contribution in [1.82, 2.24) is 19.9 Å². The van der Waals surface area contributed by atoms with Crippen LogP contribution in [0.3, 0.4) is 0 Å². The number of nitrogens with zero attached hydrogens (tertiary/aromatic N) is 4. The summed E-state index contributed by atoms with van der Waals surface area (Å²) in [5.41, 5.74) is 5.00. The summed E-state index contributed by atoms with van der Waals surface area (Å²) in [5, 5.41) is 4.69. The molecule has 158 valence electrons. The molecule has 0 aliphatic rings. The van der Waals surface area contributed by atoms with Crippen LogP contribution in [0.15, 0.2) is 49.2 Å². The van der Waals surface area contributed by atoms with Gasteiger partial charge in [0.15, 0.2) is 0 Å². The standard InChI is InChI=1S/C23H22ClFN5P/c1-13(16-9-26-12-27-10-16)30-23-18-7-17(15-5-6-21(28-11-15)31(3)4)19(25)8-20(18)29-14(2)22(23)24/h5-13H,1-4H3,(H,29,30). The van der Waals surface area contributed by atoms with Gasteiger partial charge in [-0.1, -0.05) is 25.6 Å². The van der Waals surface area contributed by atoms with Gasteiger partial charge in [-0.3, -0.25) is 9.97 Å². The first-order valence-electron chi connectivity index (χ1n) is 9.79. The Balaban J connectivity index is 1.83. The van der Waals surface area contributed by atoms with Crippen LogP contribution in [0.1, 0.15) is 24.2 Å².